The monoisotopic (exact) mass is 444 g/mol. The summed E-state index contributed by atoms with van der Waals surface area (Å²) in [6.45, 7) is 7.56. The van der Waals surface area contributed by atoms with Crippen LogP contribution < -0.4 is 5.73 Å². The van der Waals surface area contributed by atoms with Crippen LogP contribution in [0.15, 0.2) is 18.3 Å². The van der Waals surface area contributed by atoms with E-state index in [1.54, 1.807) is 20.0 Å². The van der Waals surface area contributed by atoms with Crippen molar-refractivity contribution < 1.29 is 36.9 Å². The van der Waals surface area contributed by atoms with Gasteiger partial charge in [0, 0.05) is 18.9 Å². The van der Waals surface area contributed by atoms with E-state index in [9.17, 15) is 13.2 Å². The Morgan fingerprint density at radius 3 is 2.26 bits per heavy atom. The third-order valence-corrected chi connectivity index (χ3v) is 5.62. The van der Waals surface area contributed by atoms with Gasteiger partial charge in [-0.1, -0.05) is 0 Å². The van der Waals surface area contributed by atoms with Gasteiger partial charge in [-0.25, -0.2) is 13.2 Å². The Bertz CT molecular complexity index is 871. The minimum atomic E-state index is -1.54. The Morgan fingerprint density at radius 1 is 1.06 bits per heavy atom. The minimum Gasteiger partial charge on any atom is -0.397 e. The molecular formula is C21H27F3N2O5. The largest absolute Gasteiger partial charge is 0.397 e. The Labute approximate surface area is 178 Å². The molecule has 3 aliphatic heterocycles. The summed E-state index contributed by atoms with van der Waals surface area (Å²) in [7, 11) is 1.52. The molecule has 1 aromatic carbocycles. The zero-order valence-electron chi connectivity index (χ0n) is 18.0. The van der Waals surface area contributed by atoms with Crippen molar-refractivity contribution in [2.45, 2.75) is 69.9 Å². The summed E-state index contributed by atoms with van der Waals surface area (Å²) in [6, 6.07) is 1.26. The zero-order chi connectivity index (χ0) is 22.7. The van der Waals surface area contributed by atoms with Crippen LogP contribution in [0.1, 0.15) is 33.3 Å². The molecule has 5 atom stereocenters. The van der Waals surface area contributed by atoms with Crippen molar-refractivity contribution in [2.75, 3.05) is 13.7 Å². The Kier molecular flexibility index (Phi) is 5.50. The van der Waals surface area contributed by atoms with Gasteiger partial charge in [-0.3, -0.25) is 0 Å². The summed E-state index contributed by atoms with van der Waals surface area (Å²) in [4.78, 5) is 1.87. The third-order valence-electron chi connectivity index (χ3n) is 5.62. The molecule has 3 aliphatic rings. The molecule has 10 heteroatoms. The second-order valence-corrected chi connectivity index (χ2v) is 8.84. The number of nitrogens with two attached hydrogens (primary N) is 1. The van der Waals surface area contributed by atoms with E-state index >= 15 is 0 Å². The first-order chi connectivity index (χ1) is 14.4. The molecule has 0 aromatic heterocycles. The number of ether oxygens (including phenoxy) is 5. The van der Waals surface area contributed by atoms with E-state index in [4.69, 9.17) is 29.4 Å². The standard InChI is InChI=1S/C21H27F3N2O5/c1-20(2)28-9-14(29-20)16-17(18-19(27-5)31-21(3,4)30-18)26(16)8-13(25)10-6-11(22)15(24)12(23)7-10/h6-8,14,16-19H,9,25H2,1-5H3/b13-8-. The Morgan fingerprint density at radius 2 is 1.71 bits per heavy atom. The number of rotatable bonds is 5. The fourth-order valence-corrected chi connectivity index (χ4v) is 4.25. The second-order valence-electron chi connectivity index (χ2n) is 8.84. The number of methoxy groups -OCH3 is 1. The van der Waals surface area contributed by atoms with Crippen molar-refractivity contribution in [3.05, 3.63) is 41.3 Å². The van der Waals surface area contributed by atoms with Gasteiger partial charge in [0.15, 0.2) is 35.3 Å². The first-order valence-electron chi connectivity index (χ1n) is 10.0. The average molecular weight is 444 g/mol. The van der Waals surface area contributed by atoms with Gasteiger partial charge >= 0.3 is 0 Å². The SMILES string of the molecule is COC1OC(C)(C)OC1C1C(C2COC(C)(C)O2)N1/C=C(\N)c1cc(F)c(F)c(F)c1. The van der Waals surface area contributed by atoms with Crippen LogP contribution in [0.25, 0.3) is 5.70 Å². The lowest BCUT2D eigenvalue weighted by Crippen LogP contribution is -2.34. The van der Waals surface area contributed by atoms with Crippen LogP contribution in [0.2, 0.25) is 0 Å². The van der Waals surface area contributed by atoms with Gasteiger partial charge in [-0.2, -0.15) is 0 Å². The van der Waals surface area contributed by atoms with E-state index in [1.165, 1.54) is 7.11 Å². The number of hydrogen-bond acceptors (Lipinski definition) is 7. The number of halogens is 3. The van der Waals surface area contributed by atoms with Gasteiger partial charge < -0.3 is 34.3 Å². The molecule has 0 bridgehead atoms. The molecule has 3 saturated heterocycles. The van der Waals surface area contributed by atoms with E-state index in [1.807, 2.05) is 18.7 Å². The molecular weight excluding hydrogens is 417 g/mol. The summed E-state index contributed by atoms with van der Waals surface area (Å²) in [6.07, 6.45) is 0.161. The maximum atomic E-state index is 13.7. The summed E-state index contributed by atoms with van der Waals surface area (Å²) < 4.78 is 69.7. The highest BCUT2D eigenvalue weighted by Crippen LogP contribution is 2.46. The predicted molar refractivity (Wildman–Crippen MR) is 104 cm³/mol. The molecule has 0 spiro atoms. The van der Waals surface area contributed by atoms with Crippen molar-refractivity contribution in [2.24, 2.45) is 5.73 Å². The van der Waals surface area contributed by atoms with Crippen molar-refractivity contribution in [3.8, 4) is 0 Å². The lowest BCUT2D eigenvalue weighted by Gasteiger charge is -2.17. The smallest absolute Gasteiger partial charge is 0.194 e. The summed E-state index contributed by atoms with van der Waals surface area (Å²) >= 11 is 0. The first kappa shape index (κ1) is 22.3. The van der Waals surface area contributed by atoms with Crippen LogP contribution in [0.3, 0.4) is 0 Å². The van der Waals surface area contributed by atoms with E-state index in [0.29, 0.717) is 6.61 Å². The van der Waals surface area contributed by atoms with Crippen LogP contribution in [0.5, 0.6) is 0 Å². The molecule has 4 rings (SSSR count). The Hall–Kier alpha value is -1.85. The lowest BCUT2D eigenvalue weighted by atomic mass is 10.1. The molecule has 5 unspecified atom stereocenters. The lowest BCUT2D eigenvalue weighted by molar-refractivity contribution is -0.182. The third kappa shape index (κ3) is 4.27. The van der Waals surface area contributed by atoms with Gasteiger partial charge in [0.05, 0.1) is 24.4 Å². The topological polar surface area (TPSA) is 75.2 Å². The molecule has 3 heterocycles. The molecule has 172 valence electrons. The predicted octanol–water partition coefficient (Wildman–Crippen LogP) is 2.69. The van der Waals surface area contributed by atoms with E-state index in [-0.39, 0.29) is 29.4 Å². The van der Waals surface area contributed by atoms with Gasteiger partial charge in [0.25, 0.3) is 0 Å². The summed E-state index contributed by atoms with van der Waals surface area (Å²) in [5.74, 6) is -5.76. The van der Waals surface area contributed by atoms with Gasteiger partial charge in [0.1, 0.15) is 12.2 Å². The molecule has 2 N–H and O–H groups in total. The van der Waals surface area contributed by atoms with E-state index < -0.39 is 41.4 Å². The Balaban J connectivity index is 1.63. The molecule has 0 amide bonds. The fourth-order valence-electron chi connectivity index (χ4n) is 4.25. The van der Waals surface area contributed by atoms with Crippen molar-refractivity contribution >= 4 is 5.70 Å². The molecule has 3 fully saturated rings. The second kappa shape index (κ2) is 7.63. The van der Waals surface area contributed by atoms with Crippen LogP contribution in [-0.2, 0) is 23.7 Å². The van der Waals surface area contributed by atoms with Crippen LogP contribution in [0, 0.1) is 17.5 Å². The fraction of sp³-hybridized carbons (Fsp3) is 0.619. The van der Waals surface area contributed by atoms with Gasteiger partial charge in [-0.15, -0.1) is 0 Å². The van der Waals surface area contributed by atoms with Crippen molar-refractivity contribution in [1.82, 2.24) is 4.90 Å². The van der Waals surface area contributed by atoms with E-state index in [0.717, 1.165) is 12.1 Å². The highest BCUT2D eigenvalue weighted by Gasteiger charge is 2.63. The minimum absolute atomic E-state index is 0.0249. The molecule has 31 heavy (non-hydrogen) atoms. The van der Waals surface area contributed by atoms with E-state index in [2.05, 4.69) is 0 Å². The molecule has 0 aliphatic carbocycles. The highest BCUT2D eigenvalue weighted by molar-refractivity contribution is 5.63. The van der Waals surface area contributed by atoms with Crippen LogP contribution >= 0.6 is 0 Å². The maximum absolute atomic E-state index is 13.7. The first-order valence-corrected chi connectivity index (χ1v) is 10.0. The van der Waals surface area contributed by atoms with Crippen LogP contribution in [0.4, 0.5) is 13.2 Å². The molecule has 1 aromatic rings. The average Bonchev–Trinajstić information content (AvgIpc) is 3.10. The van der Waals surface area contributed by atoms with Crippen molar-refractivity contribution in [1.29, 1.82) is 0 Å². The number of benzene rings is 1. The molecule has 7 nitrogen and oxygen atoms in total. The van der Waals surface area contributed by atoms with Gasteiger partial charge in [-0.05, 0) is 39.8 Å². The molecule has 0 saturated carbocycles. The number of nitrogens with zero attached hydrogens (tertiary/aromatic N) is 1. The summed E-state index contributed by atoms with van der Waals surface area (Å²) in [5.41, 5.74) is 6.20. The maximum Gasteiger partial charge on any atom is 0.194 e. The van der Waals surface area contributed by atoms with Gasteiger partial charge in [0.2, 0.25) is 0 Å². The highest BCUT2D eigenvalue weighted by atomic mass is 19.2. The normalized spacial score (nSPS) is 34.4. The zero-order valence-corrected chi connectivity index (χ0v) is 18.0. The summed E-state index contributed by atoms with van der Waals surface area (Å²) in [5, 5.41) is 0. The molecule has 0 radical (unpaired) electrons. The number of hydrogen-bond donors (Lipinski definition) is 1. The quantitative estimate of drug-likeness (QED) is 0.553. The van der Waals surface area contributed by atoms with Crippen LogP contribution in [-0.4, -0.2) is 60.8 Å². The van der Waals surface area contributed by atoms with Crippen molar-refractivity contribution in [3.63, 3.8) is 0 Å².